The molecule has 1 aromatic rings. The van der Waals surface area contributed by atoms with Crippen molar-refractivity contribution in [2.75, 3.05) is 11.4 Å². The summed E-state index contributed by atoms with van der Waals surface area (Å²) in [5.74, 6) is -4.77. The Bertz CT molecular complexity index is 611. The van der Waals surface area contributed by atoms with Gasteiger partial charge in [-0.25, -0.2) is 13.2 Å². The molecule has 21 heavy (non-hydrogen) atoms. The Morgan fingerprint density at radius 1 is 1.10 bits per heavy atom. The summed E-state index contributed by atoms with van der Waals surface area (Å²) in [5.41, 5.74) is -1.04. The fourth-order valence-corrected chi connectivity index (χ4v) is 2.16. The van der Waals surface area contributed by atoms with Crippen LogP contribution in [0.5, 0.6) is 0 Å². The van der Waals surface area contributed by atoms with Gasteiger partial charge in [-0.2, -0.15) is 0 Å². The van der Waals surface area contributed by atoms with Gasteiger partial charge in [0.25, 0.3) is 5.91 Å². The van der Waals surface area contributed by atoms with Crippen molar-refractivity contribution in [2.24, 2.45) is 5.41 Å². The molecule has 1 unspecified atom stereocenters. The lowest BCUT2D eigenvalue weighted by Crippen LogP contribution is -2.62. The first kappa shape index (κ1) is 15.3. The first-order valence-corrected chi connectivity index (χ1v) is 6.36. The molecule has 0 bridgehead atoms. The van der Waals surface area contributed by atoms with Crippen molar-refractivity contribution >= 4 is 17.5 Å². The molecule has 1 heterocycles. The average molecular weight is 300 g/mol. The van der Waals surface area contributed by atoms with E-state index in [1.54, 1.807) is 20.8 Å². The van der Waals surface area contributed by atoms with E-state index in [0.717, 1.165) is 4.90 Å². The number of carbonyl (C=O) groups excluding carboxylic acids is 2. The fourth-order valence-electron chi connectivity index (χ4n) is 2.16. The van der Waals surface area contributed by atoms with Gasteiger partial charge in [-0.15, -0.1) is 0 Å². The van der Waals surface area contributed by atoms with Gasteiger partial charge in [-0.1, -0.05) is 20.8 Å². The van der Waals surface area contributed by atoms with Crippen molar-refractivity contribution in [3.63, 3.8) is 0 Å². The molecule has 1 N–H and O–H groups in total. The first-order chi connectivity index (χ1) is 9.61. The van der Waals surface area contributed by atoms with Crippen molar-refractivity contribution in [1.29, 1.82) is 0 Å². The van der Waals surface area contributed by atoms with E-state index in [9.17, 15) is 22.8 Å². The summed E-state index contributed by atoms with van der Waals surface area (Å²) in [5, 5.41) is 2.53. The molecule has 0 radical (unpaired) electrons. The standard InChI is InChI=1S/C14H15F3N2O2/c1-14(2,3)12-13(21)19(6-11(20)18-12)10-5-8(16)7(15)4-9(10)17/h4-5,12H,6H2,1-3H3,(H,18,20). The molecular formula is C14H15F3N2O2. The summed E-state index contributed by atoms with van der Waals surface area (Å²) in [6, 6.07) is 0.0727. The van der Waals surface area contributed by atoms with Crippen LogP contribution in [-0.4, -0.2) is 24.4 Å². The van der Waals surface area contributed by atoms with E-state index in [0.29, 0.717) is 12.1 Å². The maximum Gasteiger partial charge on any atom is 0.250 e. The Balaban J connectivity index is 2.45. The van der Waals surface area contributed by atoms with Crippen LogP contribution in [0.4, 0.5) is 18.9 Å². The highest BCUT2D eigenvalue weighted by atomic mass is 19.2. The van der Waals surface area contributed by atoms with Crippen LogP contribution in [0.15, 0.2) is 12.1 Å². The summed E-state index contributed by atoms with van der Waals surface area (Å²) in [7, 11) is 0. The number of piperazine rings is 1. The number of rotatable bonds is 1. The molecule has 1 fully saturated rings. The van der Waals surface area contributed by atoms with Crippen LogP contribution in [0.3, 0.4) is 0 Å². The highest BCUT2D eigenvalue weighted by molar-refractivity contribution is 6.07. The predicted molar refractivity (Wildman–Crippen MR) is 70.1 cm³/mol. The van der Waals surface area contributed by atoms with E-state index >= 15 is 0 Å². The van der Waals surface area contributed by atoms with Gasteiger partial charge in [0, 0.05) is 12.1 Å². The zero-order valence-corrected chi connectivity index (χ0v) is 11.8. The van der Waals surface area contributed by atoms with Gasteiger partial charge in [-0.05, 0) is 5.41 Å². The van der Waals surface area contributed by atoms with Crippen LogP contribution >= 0.6 is 0 Å². The van der Waals surface area contributed by atoms with E-state index in [4.69, 9.17) is 0 Å². The molecule has 1 saturated heterocycles. The second kappa shape index (κ2) is 5.05. The topological polar surface area (TPSA) is 49.4 Å². The number of nitrogens with zero attached hydrogens (tertiary/aromatic N) is 1. The number of halogens is 3. The molecule has 1 aromatic carbocycles. The molecule has 0 aliphatic carbocycles. The molecule has 1 aliphatic heterocycles. The van der Waals surface area contributed by atoms with E-state index in [-0.39, 0.29) is 0 Å². The normalized spacial score (nSPS) is 19.7. The number of hydrogen-bond acceptors (Lipinski definition) is 2. The van der Waals surface area contributed by atoms with Gasteiger partial charge in [0.05, 0.1) is 5.69 Å². The van der Waals surface area contributed by atoms with E-state index in [1.807, 2.05) is 0 Å². The third-order valence-electron chi connectivity index (χ3n) is 3.27. The Morgan fingerprint density at radius 3 is 2.24 bits per heavy atom. The van der Waals surface area contributed by atoms with Crippen molar-refractivity contribution in [3.8, 4) is 0 Å². The second-order valence-corrected chi connectivity index (χ2v) is 6.01. The van der Waals surface area contributed by atoms with E-state index in [2.05, 4.69) is 5.32 Å². The zero-order chi connectivity index (χ0) is 15.9. The second-order valence-electron chi connectivity index (χ2n) is 6.01. The van der Waals surface area contributed by atoms with E-state index < -0.39 is 53.0 Å². The highest BCUT2D eigenvalue weighted by Crippen LogP contribution is 2.29. The molecule has 0 aromatic heterocycles. The lowest BCUT2D eigenvalue weighted by atomic mass is 9.84. The summed E-state index contributed by atoms with van der Waals surface area (Å²) in [4.78, 5) is 25.0. The summed E-state index contributed by atoms with van der Waals surface area (Å²) < 4.78 is 40.1. The largest absolute Gasteiger partial charge is 0.342 e. The Hall–Kier alpha value is -2.05. The lowest BCUT2D eigenvalue weighted by Gasteiger charge is -2.38. The predicted octanol–water partition coefficient (Wildman–Crippen LogP) is 1.98. The highest BCUT2D eigenvalue weighted by Gasteiger charge is 2.41. The Kier molecular flexibility index (Phi) is 3.69. The summed E-state index contributed by atoms with van der Waals surface area (Å²) in [6.07, 6.45) is 0. The van der Waals surface area contributed by atoms with Crippen molar-refractivity contribution in [1.82, 2.24) is 5.32 Å². The van der Waals surface area contributed by atoms with Crippen LogP contribution in [0.1, 0.15) is 20.8 Å². The number of nitrogens with one attached hydrogen (secondary N) is 1. The summed E-state index contributed by atoms with van der Waals surface area (Å²) >= 11 is 0. The fraction of sp³-hybridized carbons (Fsp3) is 0.429. The monoisotopic (exact) mass is 300 g/mol. The molecular weight excluding hydrogens is 285 g/mol. The first-order valence-electron chi connectivity index (χ1n) is 6.36. The summed E-state index contributed by atoms with van der Waals surface area (Å²) in [6.45, 7) is 4.77. The molecule has 0 saturated carbocycles. The van der Waals surface area contributed by atoms with Crippen molar-refractivity contribution in [3.05, 3.63) is 29.6 Å². The van der Waals surface area contributed by atoms with E-state index in [1.165, 1.54) is 0 Å². The van der Waals surface area contributed by atoms with Gasteiger partial charge in [-0.3, -0.25) is 14.5 Å². The quantitative estimate of drug-likeness (QED) is 0.806. The van der Waals surface area contributed by atoms with Crippen LogP contribution < -0.4 is 10.2 Å². The van der Waals surface area contributed by atoms with Crippen LogP contribution in [-0.2, 0) is 9.59 Å². The van der Waals surface area contributed by atoms with Crippen molar-refractivity contribution in [2.45, 2.75) is 26.8 Å². The van der Waals surface area contributed by atoms with Gasteiger partial charge < -0.3 is 5.32 Å². The van der Waals surface area contributed by atoms with Gasteiger partial charge in [0.2, 0.25) is 5.91 Å². The average Bonchev–Trinajstić information content (AvgIpc) is 2.35. The van der Waals surface area contributed by atoms with Crippen LogP contribution in [0.25, 0.3) is 0 Å². The van der Waals surface area contributed by atoms with Crippen LogP contribution in [0.2, 0.25) is 0 Å². The minimum atomic E-state index is -1.35. The Morgan fingerprint density at radius 2 is 1.67 bits per heavy atom. The van der Waals surface area contributed by atoms with Gasteiger partial charge >= 0.3 is 0 Å². The number of amides is 2. The van der Waals surface area contributed by atoms with Gasteiger partial charge in [0.1, 0.15) is 18.4 Å². The smallest absolute Gasteiger partial charge is 0.250 e. The number of benzene rings is 1. The van der Waals surface area contributed by atoms with Crippen LogP contribution in [0, 0.1) is 22.9 Å². The minimum absolute atomic E-state index is 0.358. The zero-order valence-electron chi connectivity index (χ0n) is 11.8. The maximum atomic E-state index is 13.8. The molecule has 1 atom stereocenters. The molecule has 1 aliphatic rings. The molecule has 7 heteroatoms. The molecule has 0 spiro atoms. The molecule has 114 valence electrons. The Labute approximate surface area is 119 Å². The van der Waals surface area contributed by atoms with Crippen molar-refractivity contribution < 1.29 is 22.8 Å². The molecule has 2 rings (SSSR count). The number of carbonyl (C=O) groups is 2. The minimum Gasteiger partial charge on any atom is -0.342 e. The maximum absolute atomic E-state index is 13.8. The molecule has 4 nitrogen and oxygen atoms in total. The number of hydrogen-bond donors (Lipinski definition) is 1. The lowest BCUT2D eigenvalue weighted by molar-refractivity contribution is -0.133. The SMILES string of the molecule is CC(C)(C)C1NC(=O)CN(c2cc(F)c(F)cc2F)C1=O. The third kappa shape index (κ3) is 2.86. The molecule has 2 amide bonds. The number of anilines is 1. The third-order valence-corrected chi connectivity index (χ3v) is 3.27. The van der Waals surface area contributed by atoms with Gasteiger partial charge in [0.15, 0.2) is 11.6 Å².